The van der Waals surface area contributed by atoms with Crippen LogP contribution in [0.2, 0.25) is 0 Å². The molecule has 0 bridgehead atoms. The number of nitrogens with zero attached hydrogens (tertiary/aromatic N) is 5. The molecule has 1 N–H and O–H groups in total. The molecule has 47 heavy (non-hydrogen) atoms. The van der Waals surface area contributed by atoms with Crippen LogP contribution in [0.25, 0.3) is 22.3 Å². The molecule has 240 valence electrons. The highest BCUT2D eigenvalue weighted by Gasteiger charge is 2.24. The Morgan fingerprint density at radius 1 is 1.06 bits per heavy atom. The van der Waals surface area contributed by atoms with Crippen molar-refractivity contribution in [3.8, 4) is 17.1 Å². The van der Waals surface area contributed by atoms with Gasteiger partial charge in [-0.2, -0.15) is 5.10 Å². The van der Waals surface area contributed by atoms with Crippen molar-refractivity contribution in [1.29, 1.82) is 0 Å². The van der Waals surface area contributed by atoms with Crippen LogP contribution in [0.1, 0.15) is 43.5 Å². The number of imidazole rings is 1. The van der Waals surface area contributed by atoms with Gasteiger partial charge in [-0.1, -0.05) is 6.07 Å². The number of carboxylic acids is 1. The van der Waals surface area contributed by atoms with Gasteiger partial charge in [0.05, 0.1) is 41.1 Å². The summed E-state index contributed by atoms with van der Waals surface area (Å²) >= 11 is 1.67. The molecule has 7 rings (SSSR count). The van der Waals surface area contributed by atoms with Gasteiger partial charge in [0.25, 0.3) is 0 Å². The molecule has 0 saturated carbocycles. The first-order chi connectivity index (χ1) is 22.8. The molecule has 6 aromatic rings. The van der Waals surface area contributed by atoms with Crippen LogP contribution in [0.4, 0.5) is 8.78 Å². The molecule has 9 nitrogen and oxygen atoms in total. The highest BCUT2D eigenvalue weighted by molar-refractivity contribution is 7.11. The van der Waals surface area contributed by atoms with Crippen LogP contribution in [0.15, 0.2) is 73.1 Å². The van der Waals surface area contributed by atoms with Crippen LogP contribution in [-0.2, 0) is 44.2 Å². The summed E-state index contributed by atoms with van der Waals surface area (Å²) in [6.07, 6.45) is 6.51. The second kappa shape index (κ2) is 13.0. The molecule has 0 spiro atoms. The Balaban J connectivity index is 1.06. The summed E-state index contributed by atoms with van der Waals surface area (Å²) in [6.45, 7) is 1.40. The van der Waals surface area contributed by atoms with E-state index in [1.807, 2.05) is 30.1 Å². The Morgan fingerprint density at radius 2 is 1.91 bits per heavy atom. The van der Waals surface area contributed by atoms with Gasteiger partial charge in [0.1, 0.15) is 24.1 Å². The van der Waals surface area contributed by atoms with E-state index >= 15 is 8.78 Å². The van der Waals surface area contributed by atoms with Crippen molar-refractivity contribution in [2.24, 2.45) is 7.05 Å². The van der Waals surface area contributed by atoms with E-state index in [1.54, 1.807) is 46.4 Å². The highest BCUT2D eigenvalue weighted by Crippen LogP contribution is 2.29. The zero-order valence-electron chi connectivity index (χ0n) is 25.5. The molecule has 1 saturated heterocycles. The second-order valence-corrected chi connectivity index (χ2v) is 12.8. The lowest BCUT2D eigenvalue weighted by atomic mass is 10.0. The Labute approximate surface area is 273 Å². The summed E-state index contributed by atoms with van der Waals surface area (Å²) in [6, 6.07) is 16.1. The first kappa shape index (κ1) is 30.7. The molecule has 2 aromatic carbocycles. The van der Waals surface area contributed by atoms with Crippen LogP contribution in [0.5, 0.6) is 5.88 Å². The van der Waals surface area contributed by atoms with E-state index in [0.29, 0.717) is 42.5 Å². The molecule has 1 aliphatic heterocycles. The summed E-state index contributed by atoms with van der Waals surface area (Å²) in [4.78, 5) is 23.0. The number of ether oxygens (including phenoxy) is 2. The van der Waals surface area contributed by atoms with Crippen molar-refractivity contribution < 1.29 is 28.2 Å². The predicted molar refractivity (Wildman–Crippen MR) is 173 cm³/mol. The number of aromatic nitrogens is 5. The summed E-state index contributed by atoms with van der Waals surface area (Å²) in [7, 11) is 1.90. The van der Waals surface area contributed by atoms with Crippen molar-refractivity contribution in [2.75, 3.05) is 6.61 Å². The van der Waals surface area contributed by atoms with Crippen molar-refractivity contribution >= 4 is 28.3 Å². The van der Waals surface area contributed by atoms with Crippen LogP contribution < -0.4 is 4.74 Å². The fourth-order valence-electron chi connectivity index (χ4n) is 5.66. The number of thiophene rings is 1. The third-order valence-corrected chi connectivity index (χ3v) is 9.35. The Hall–Kier alpha value is -4.94. The summed E-state index contributed by atoms with van der Waals surface area (Å²) < 4.78 is 46.3. The molecular formula is C35H31F2N5O4S. The fraction of sp³-hybridized carbons (Fsp3) is 0.257. The molecule has 0 aliphatic carbocycles. The first-order valence-corrected chi connectivity index (χ1v) is 16.1. The molecule has 4 aromatic heterocycles. The first-order valence-electron chi connectivity index (χ1n) is 15.3. The van der Waals surface area contributed by atoms with Crippen LogP contribution in [0.3, 0.4) is 0 Å². The van der Waals surface area contributed by atoms with E-state index in [1.165, 1.54) is 22.6 Å². The Bertz CT molecular complexity index is 2080. The third kappa shape index (κ3) is 6.79. The average Bonchev–Trinajstić information content (AvgIpc) is 3.76. The molecule has 1 atom stereocenters. The van der Waals surface area contributed by atoms with Gasteiger partial charge in [-0.25, -0.2) is 23.5 Å². The van der Waals surface area contributed by atoms with Gasteiger partial charge >= 0.3 is 5.97 Å². The molecule has 1 fully saturated rings. The maximum Gasteiger partial charge on any atom is 0.335 e. The van der Waals surface area contributed by atoms with Gasteiger partial charge in [0.15, 0.2) is 0 Å². The zero-order chi connectivity index (χ0) is 32.5. The lowest BCUT2D eigenvalue weighted by molar-refractivity contribution is -0.0589. The molecule has 12 heteroatoms. The minimum atomic E-state index is -1.05. The molecule has 0 radical (unpaired) electrons. The summed E-state index contributed by atoms with van der Waals surface area (Å²) in [5.41, 5.74) is 2.89. The van der Waals surface area contributed by atoms with E-state index in [9.17, 15) is 9.90 Å². The van der Waals surface area contributed by atoms with Gasteiger partial charge < -0.3 is 19.1 Å². The van der Waals surface area contributed by atoms with Gasteiger partial charge in [0, 0.05) is 47.7 Å². The van der Waals surface area contributed by atoms with Gasteiger partial charge in [-0.05, 0) is 78.9 Å². The maximum absolute atomic E-state index is 15.6. The van der Waals surface area contributed by atoms with Gasteiger partial charge in [0.2, 0.25) is 5.88 Å². The number of pyridine rings is 1. The minimum absolute atomic E-state index is 0.00839. The van der Waals surface area contributed by atoms with Gasteiger partial charge in [-0.15, -0.1) is 11.3 Å². The zero-order valence-corrected chi connectivity index (χ0v) is 26.3. The summed E-state index contributed by atoms with van der Waals surface area (Å²) in [5, 5.41) is 13.7. The smallest absolute Gasteiger partial charge is 0.335 e. The van der Waals surface area contributed by atoms with E-state index in [-0.39, 0.29) is 34.9 Å². The van der Waals surface area contributed by atoms with Crippen LogP contribution in [0, 0.1) is 11.6 Å². The average molecular weight is 656 g/mol. The highest BCUT2D eigenvalue weighted by atomic mass is 32.1. The second-order valence-electron chi connectivity index (χ2n) is 11.6. The lowest BCUT2D eigenvalue weighted by Crippen LogP contribution is -2.31. The number of carbonyl (C=O) groups is 1. The Morgan fingerprint density at radius 3 is 2.68 bits per heavy atom. The molecule has 0 amide bonds. The molecule has 0 unspecified atom stereocenters. The number of halogens is 2. The number of hydrogen-bond acceptors (Lipinski definition) is 7. The van der Waals surface area contributed by atoms with E-state index in [4.69, 9.17) is 9.47 Å². The minimum Gasteiger partial charge on any atom is -0.478 e. The lowest BCUT2D eigenvalue weighted by Gasteiger charge is -2.27. The summed E-state index contributed by atoms with van der Waals surface area (Å²) in [5.74, 6) is -1.48. The Kier molecular flexibility index (Phi) is 8.52. The van der Waals surface area contributed by atoms with Crippen molar-refractivity contribution in [3.63, 3.8) is 0 Å². The standard InChI is InChI=1S/C35H31F2N5O4S/c1-41-18-21(17-38-41)5-7-25-8-9-26(47-25)20-46-34-4-2-3-30(40-34)27-16-28(36)23(13-29(27)37)15-33-39-31-10-6-22(35(43)44)14-32(31)42(33)19-24-11-12-45-24/h2-4,6,8-10,13-14,16-18,24H,5,7,11-12,15,19-20H2,1H3,(H,43,44)/t24-/m0/s1. The maximum atomic E-state index is 15.6. The van der Waals surface area contributed by atoms with E-state index in [2.05, 4.69) is 21.1 Å². The largest absolute Gasteiger partial charge is 0.478 e. The number of fused-ring (bicyclic) bond motifs is 1. The quantitative estimate of drug-likeness (QED) is 0.158. The number of aryl methyl sites for hydroxylation is 3. The van der Waals surface area contributed by atoms with E-state index < -0.39 is 17.6 Å². The number of aromatic carboxylic acids is 1. The van der Waals surface area contributed by atoms with Crippen molar-refractivity contribution in [2.45, 2.75) is 44.9 Å². The van der Waals surface area contributed by atoms with Crippen molar-refractivity contribution in [1.82, 2.24) is 24.3 Å². The van der Waals surface area contributed by atoms with Crippen LogP contribution in [-0.4, -0.2) is 48.1 Å². The molecule has 5 heterocycles. The fourth-order valence-corrected chi connectivity index (χ4v) is 6.59. The third-order valence-electron chi connectivity index (χ3n) is 8.24. The van der Waals surface area contributed by atoms with Gasteiger partial charge in [-0.3, -0.25) is 4.68 Å². The molecule has 1 aliphatic rings. The molecular weight excluding hydrogens is 624 g/mol. The number of benzene rings is 2. The monoisotopic (exact) mass is 655 g/mol. The topological polar surface area (TPSA) is 104 Å². The number of hydrogen-bond donors (Lipinski definition) is 1. The van der Waals surface area contributed by atoms with Crippen molar-refractivity contribution in [3.05, 3.63) is 117 Å². The number of rotatable bonds is 12. The SMILES string of the molecule is Cn1cc(CCc2ccc(COc3cccc(-c4cc(F)c(Cc5nc6ccc(C(=O)O)cc6n5C[C@@H]5CCO5)cc4F)n3)s2)cn1. The normalized spacial score (nSPS) is 14.4. The van der Waals surface area contributed by atoms with E-state index in [0.717, 1.165) is 30.2 Å². The predicted octanol–water partition coefficient (Wildman–Crippen LogP) is 6.61. The number of carboxylic acid groups (broad SMARTS) is 1. The van der Waals surface area contributed by atoms with Crippen LogP contribution >= 0.6 is 11.3 Å².